The number of aromatic amines is 1. The van der Waals surface area contributed by atoms with E-state index in [4.69, 9.17) is 17.0 Å². The highest BCUT2D eigenvalue weighted by Gasteiger charge is 2.28. The Morgan fingerprint density at radius 3 is 2.80 bits per heavy atom. The van der Waals surface area contributed by atoms with Gasteiger partial charge >= 0.3 is 0 Å². The van der Waals surface area contributed by atoms with Gasteiger partial charge in [-0.2, -0.15) is 0 Å². The van der Waals surface area contributed by atoms with E-state index in [0.29, 0.717) is 4.77 Å². The molecule has 0 radical (unpaired) electrons. The van der Waals surface area contributed by atoms with Gasteiger partial charge in [0.2, 0.25) is 0 Å². The van der Waals surface area contributed by atoms with Gasteiger partial charge in [-0.05, 0) is 50.9 Å². The first-order valence-corrected chi connectivity index (χ1v) is 8.02. The molecule has 108 valence electrons. The van der Waals surface area contributed by atoms with Crippen molar-refractivity contribution >= 4 is 33.8 Å². The molecule has 0 aromatic carbocycles. The number of ether oxygens (including phenoxy) is 1. The molecular weight excluding hydrogens is 292 g/mol. The molecule has 2 aromatic rings. The van der Waals surface area contributed by atoms with Crippen molar-refractivity contribution in [3.8, 4) is 0 Å². The van der Waals surface area contributed by atoms with E-state index in [-0.39, 0.29) is 17.7 Å². The SMILES string of the molecule is COC1CCC(n2c(=S)[nH]c3sc(C)c(C)c3c2=O)C1. The molecule has 6 heteroatoms. The summed E-state index contributed by atoms with van der Waals surface area (Å²) in [5.74, 6) is 0. The second kappa shape index (κ2) is 5.09. The standard InChI is InChI=1S/C14H18N2O2S2/c1-7-8(2)20-12-11(7)13(17)16(14(19)15-12)9-4-5-10(6-9)18-3/h9-10H,4-6H2,1-3H3,(H,15,19). The van der Waals surface area contributed by atoms with Crippen molar-refractivity contribution in [2.45, 2.75) is 45.3 Å². The molecule has 1 fully saturated rings. The van der Waals surface area contributed by atoms with Crippen LogP contribution in [0.15, 0.2) is 4.79 Å². The number of methoxy groups -OCH3 is 1. The molecule has 2 unspecified atom stereocenters. The largest absolute Gasteiger partial charge is 0.381 e. The van der Waals surface area contributed by atoms with Crippen LogP contribution in [0.25, 0.3) is 10.2 Å². The molecule has 0 bridgehead atoms. The van der Waals surface area contributed by atoms with Crippen LogP contribution in [0.5, 0.6) is 0 Å². The fourth-order valence-electron chi connectivity index (χ4n) is 3.04. The first-order valence-electron chi connectivity index (χ1n) is 6.80. The van der Waals surface area contributed by atoms with Crippen LogP contribution in [0.2, 0.25) is 0 Å². The van der Waals surface area contributed by atoms with Gasteiger partial charge in [-0.1, -0.05) is 0 Å². The van der Waals surface area contributed by atoms with Gasteiger partial charge in [-0.15, -0.1) is 11.3 Å². The van der Waals surface area contributed by atoms with E-state index >= 15 is 0 Å². The number of nitrogens with one attached hydrogen (secondary N) is 1. The summed E-state index contributed by atoms with van der Waals surface area (Å²) in [5, 5.41) is 0.793. The van der Waals surface area contributed by atoms with E-state index < -0.39 is 0 Å². The van der Waals surface area contributed by atoms with Gasteiger partial charge in [0, 0.05) is 18.0 Å². The van der Waals surface area contributed by atoms with E-state index in [1.807, 2.05) is 13.8 Å². The second-order valence-electron chi connectivity index (χ2n) is 5.42. The minimum Gasteiger partial charge on any atom is -0.381 e. The molecule has 0 saturated heterocycles. The zero-order chi connectivity index (χ0) is 14.4. The molecule has 1 saturated carbocycles. The fourth-order valence-corrected chi connectivity index (χ4v) is 4.49. The number of rotatable bonds is 2. The Kier molecular flexibility index (Phi) is 3.56. The normalized spacial score (nSPS) is 22.8. The Morgan fingerprint density at radius 2 is 2.15 bits per heavy atom. The molecule has 1 aliphatic rings. The van der Waals surface area contributed by atoms with Crippen LogP contribution in [0.4, 0.5) is 0 Å². The Bertz CT molecular complexity index is 772. The van der Waals surface area contributed by atoms with Crippen LogP contribution in [0.1, 0.15) is 35.7 Å². The lowest BCUT2D eigenvalue weighted by molar-refractivity contribution is 0.105. The predicted octanol–water partition coefficient (Wildman–Crippen LogP) is 3.48. The molecule has 2 aromatic heterocycles. The number of aromatic nitrogens is 2. The lowest BCUT2D eigenvalue weighted by atomic mass is 10.2. The minimum atomic E-state index is 0.0485. The highest BCUT2D eigenvalue weighted by atomic mass is 32.1. The van der Waals surface area contributed by atoms with Gasteiger partial charge in [0.1, 0.15) is 4.83 Å². The molecule has 0 amide bonds. The van der Waals surface area contributed by atoms with E-state index in [2.05, 4.69) is 4.98 Å². The lowest BCUT2D eigenvalue weighted by Crippen LogP contribution is -2.25. The molecule has 4 nitrogen and oxygen atoms in total. The zero-order valence-corrected chi connectivity index (χ0v) is 13.5. The maximum atomic E-state index is 12.8. The van der Waals surface area contributed by atoms with Gasteiger partial charge in [0.15, 0.2) is 4.77 Å². The molecule has 1 aliphatic carbocycles. The summed E-state index contributed by atoms with van der Waals surface area (Å²) >= 11 is 7.01. The smallest absolute Gasteiger partial charge is 0.263 e. The number of fused-ring (bicyclic) bond motifs is 1. The Hall–Kier alpha value is -0.980. The summed E-state index contributed by atoms with van der Waals surface area (Å²) < 4.78 is 7.69. The first kappa shape index (κ1) is 14.0. The third-order valence-electron chi connectivity index (χ3n) is 4.31. The Labute approximate surface area is 126 Å². The summed E-state index contributed by atoms with van der Waals surface area (Å²) in [6, 6.07) is 0.153. The lowest BCUT2D eigenvalue weighted by Gasteiger charge is -2.14. The average molecular weight is 310 g/mol. The Morgan fingerprint density at radius 1 is 1.40 bits per heavy atom. The number of thiophene rings is 1. The number of nitrogens with zero attached hydrogens (tertiary/aromatic N) is 1. The van der Waals surface area contributed by atoms with Crippen molar-refractivity contribution in [2.75, 3.05) is 7.11 Å². The van der Waals surface area contributed by atoms with Gasteiger partial charge in [0.05, 0.1) is 11.5 Å². The second-order valence-corrected chi connectivity index (χ2v) is 7.03. The first-order chi connectivity index (χ1) is 9.52. The van der Waals surface area contributed by atoms with Crippen LogP contribution in [0, 0.1) is 18.6 Å². The third-order valence-corrected chi connectivity index (χ3v) is 5.73. The topological polar surface area (TPSA) is 47.0 Å². The summed E-state index contributed by atoms with van der Waals surface area (Å²) in [4.78, 5) is 18.1. The molecule has 2 heterocycles. The highest BCUT2D eigenvalue weighted by Crippen LogP contribution is 2.32. The van der Waals surface area contributed by atoms with E-state index in [9.17, 15) is 4.79 Å². The van der Waals surface area contributed by atoms with E-state index in [1.54, 1.807) is 23.0 Å². The summed E-state index contributed by atoms with van der Waals surface area (Å²) in [6.07, 6.45) is 3.04. The van der Waals surface area contributed by atoms with Gasteiger partial charge in [-0.3, -0.25) is 9.36 Å². The summed E-state index contributed by atoms with van der Waals surface area (Å²) in [7, 11) is 1.73. The monoisotopic (exact) mass is 310 g/mol. The molecule has 1 N–H and O–H groups in total. The number of aryl methyl sites for hydroxylation is 2. The van der Waals surface area contributed by atoms with Crippen molar-refractivity contribution in [1.82, 2.24) is 9.55 Å². The third kappa shape index (κ3) is 2.06. The average Bonchev–Trinajstić information content (AvgIpc) is 2.96. The van der Waals surface area contributed by atoms with Crippen molar-refractivity contribution in [3.05, 3.63) is 25.6 Å². The maximum absolute atomic E-state index is 12.8. The van der Waals surface area contributed by atoms with E-state index in [1.165, 1.54) is 4.88 Å². The maximum Gasteiger partial charge on any atom is 0.263 e. The molecule has 3 rings (SSSR count). The predicted molar refractivity (Wildman–Crippen MR) is 84.4 cm³/mol. The number of hydrogen-bond acceptors (Lipinski definition) is 4. The summed E-state index contributed by atoms with van der Waals surface area (Å²) in [6.45, 7) is 4.04. The molecule has 2 atom stereocenters. The molecule has 0 spiro atoms. The van der Waals surface area contributed by atoms with Crippen LogP contribution < -0.4 is 5.56 Å². The minimum absolute atomic E-state index is 0.0485. The van der Waals surface area contributed by atoms with Crippen LogP contribution in [-0.4, -0.2) is 22.8 Å². The van der Waals surface area contributed by atoms with Crippen molar-refractivity contribution < 1.29 is 4.74 Å². The number of H-pyrrole nitrogens is 1. The molecule has 0 aliphatic heterocycles. The summed E-state index contributed by atoms with van der Waals surface area (Å²) in [5.41, 5.74) is 1.11. The van der Waals surface area contributed by atoms with Crippen molar-refractivity contribution in [2.24, 2.45) is 0 Å². The molecular formula is C14H18N2O2S2. The van der Waals surface area contributed by atoms with Crippen LogP contribution >= 0.6 is 23.6 Å². The zero-order valence-electron chi connectivity index (χ0n) is 11.9. The van der Waals surface area contributed by atoms with Crippen LogP contribution in [0.3, 0.4) is 0 Å². The molecule has 20 heavy (non-hydrogen) atoms. The Balaban J connectivity index is 2.19. The van der Waals surface area contributed by atoms with Crippen molar-refractivity contribution in [1.29, 1.82) is 0 Å². The quantitative estimate of drug-likeness (QED) is 0.864. The van der Waals surface area contributed by atoms with Gasteiger partial charge in [0.25, 0.3) is 5.56 Å². The van der Waals surface area contributed by atoms with Gasteiger partial charge < -0.3 is 9.72 Å². The van der Waals surface area contributed by atoms with Crippen molar-refractivity contribution in [3.63, 3.8) is 0 Å². The van der Waals surface area contributed by atoms with Crippen LogP contribution in [-0.2, 0) is 4.74 Å². The fraction of sp³-hybridized carbons (Fsp3) is 0.571. The number of hydrogen-bond donors (Lipinski definition) is 1. The van der Waals surface area contributed by atoms with Gasteiger partial charge in [-0.25, -0.2) is 0 Å². The highest BCUT2D eigenvalue weighted by molar-refractivity contribution is 7.71. The van der Waals surface area contributed by atoms with E-state index in [0.717, 1.165) is 35.0 Å².